The van der Waals surface area contributed by atoms with Gasteiger partial charge in [-0.25, -0.2) is 9.18 Å². The number of amides is 1. The van der Waals surface area contributed by atoms with Gasteiger partial charge in [-0.1, -0.05) is 0 Å². The predicted octanol–water partition coefficient (Wildman–Crippen LogP) is 1.66. The summed E-state index contributed by atoms with van der Waals surface area (Å²) >= 11 is 0. The van der Waals surface area contributed by atoms with Gasteiger partial charge in [0.05, 0.1) is 0 Å². The van der Waals surface area contributed by atoms with Crippen molar-refractivity contribution in [1.82, 2.24) is 5.32 Å². The second kappa shape index (κ2) is 7.47. The van der Waals surface area contributed by atoms with E-state index in [0.717, 1.165) is 0 Å². The fraction of sp³-hybridized carbons (Fsp3) is 0.429. The Morgan fingerprint density at radius 3 is 2.35 bits per heavy atom. The Kier molecular flexibility index (Phi) is 5.96. The largest absolute Gasteiger partial charge is 0.479 e. The number of hydrogen-bond acceptors (Lipinski definition) is 4. The molecule has 0 bridgehead atoms. The molecule has 0 saturated heterocycles. The molecule has 0 aliphatic heterocycles. The van der Waals surface area contributed by atoms with Crippen molar-refractivity contribution >= 4 is 11.9 Å². The van der Waals surface area contributed by atoms with Crippen molar-refractivity contribution in [2.75, 3.05) is 6.54 Å². The highest BCUT2D eigenvalue weighted by molar-refractivity contribution is 5.84. The third-order valence-corrected chi connectivity index (χ3v) is 2.47. The second-order valence-corrected chi connectivity index (χ2v) is 4.19. The molecule has 0 unspecified atom stereocenters. The van der Waals surface area contributed by atoms with Gasteiger partial charge in [-0.05, 0) is 45.0 Å². The summed E-state index contributed by atoms with van der Waals surface area (Å²) in [6, 6.07) is 5.27. The molecule has 5 nitrogen and oxygen atoms in total. The van der Waals surface area contributed by atoms with Crippen LogP contribution in [0.4, 0.5) is 4.39 Å². The number of ether oxygens (including phenoxy) is 2. The van der Waals surface area contributed by atoms with Crippen molar-refractivity contribution < 1.29 is 23.5 Å². The van der Waals surface area contributed by atoms with Crippen molar-refractivity contribution in [3.8, 4) is 5.75 Å². The van der Waals surface area contributed by atoms with Gasteiger partial charge in [-0.3, -0.25) is 4.79 Å². The van der Waals surface area contributed by atoms with E-state index in [1.54, 1.807) is 6.92 Å². The average molecular weight is 283 g/mol. The Hall–Kier alpha value is -2.11. The molecule has 1 N–H and O–H groups in total. The van der Waals surface area contributed by atoms with E-state index in [1.807, 2.05) is 0 Å². The van der Waals surface area contributed by atoms with Crippen LogP contribution in [0.25, 0.3) is 0 Å². The maximum absolute atomic E-state index is 12.7. The molecule has 0 aliphatic carbocycles. The molecule has 6 heteroatoms. The van der Waals surface area contributed by atoms with Crippen molar-refractivity contribution in [1.29, 1.82) is 0 Å². The summed E-state index contributed by atoms with van der Waals surface area (Å²) in [4.78, 5) is 23.2. The minimum atomic E-state index is -0.891. The number of halogens is 1. The van der Waals surface area contributed by atoms with E-state index in [4.69, 9.17) is 9.47 Å². The van der Waals surface area contributed by atoms with Crippen LogP contribution < -0.4 is 10.1 Å². The van der Waals surface area contributed by atoms with E-state index in [-0.39, 0.29) is 5.91 Å². The maximum Gasteiger partial charge on any atom is 0.347 e. The number of likely N-dealkylation sites (N-methyl/N-ethyl adjacent to an activating group) is 1. The molecule has 0 heterocycles. The molecule has 0 aliphatic rings. The first-order valence-corrected chi connectivity index (χ1v) is 6.34. The Morgan fingerprint density at radius 2 is 1.80 bits per heavy atom. The summed E-state index contributed by atoms with van der Waals surface area (Å²) in [5.74, 6) is -1.07. The monoisotopic (exact) mass is 283 g/mol. The summed E-state index contributed by atoms with van der Waals surface area (Å²) < 4.78 is 23.0. The van der Waals surface area contributed by atoms with Crippen LogP contribution in [0.3, 0.4) is 0 Å². The predicted molar refractivity (Wildman–Crippen MR) is 70.7 cm³/mol. The van der Waals surface area contributed by atoms with E-state index >= 15 is 0 Å². The number of carbonyl (C=O) groups is 2. The van der Waals surface area contributed by atoms with E-state index in [2.05, 4.69) is 5.32 Å². The lowest BCUT2D eigenvalue weighted by molar-refractivity contribution is -0.160. The summed E-state index contributed by atoms with van der Waals surface area (Å²) in [5, 5.41) is 2.55. The van der Waals surface area contributed by atoms with Crippen molar-refractivity contribution in [3.63, 3.8) is 0 Å². The fourth-order valence-electron chi connectivity index (χ4n) is 1.41. The second-order valence-electron chi connectivity index (χ2n) is 4.19. The van der Waals surface area contributed by atoms with Gasteiger partial charge in [-0.2, -0.15) is 0 Å². The minimum absolute atomic E-state index is 0.349. The first-order valence-electron chi connectivity index (χ1n) is 6.34. The third-order valence-electron chi connectivity index (χ3n) is 2.47. The Bertz CT molecular complexity index is 461. The van der Waals surface area contributed by atoms with E-state index in [9.17, 15) is 14.0 Å². The van der Waals surface area contributed by atoms with Crippen LogP contribution in [0.15, 0.2) is 24.3 Å². The van der Waals surface area contributed by atoms with Gasteiger partial charge in [0.2, 0.25) is 0 Å². The van der Waals surface area contributed by atoms with Crippen LogP contribution in [0.5, 0.6) is 5.75 Å². The first kappa shape index (κ1) is 15.9. The summed E-state index contributed by atoms with van der Waals surface area (Å²) in [6.07, 6.45) is -1.78. The van der Waals surface area contributed by atoms with Gasteiger partial charge in [-0.15, -0.1) is 0 Å². The normalized spacial score (nSPS) is 13.2. The molecule has 0 saturated carbocycles. The standard InChI is InChI=1S/C14H18FNO4/c1-4-16-13(17)9(2)20-14(18)10(3)19-12-7-5-11(15)6-8-12/h5-10H,4H2,1-3H3,(H,16,17)/t9-,10-/m1/s1. The van der Waals surface area contributed by atoms with Crippen LogP contribution in [-0.2, 0) is 14.3 Å². The van der Waals surface area contributed by atoms with Crippen LogP contribution >= 0.6 is 0 Å². The topological polar surface area (TPSA) is 64.6 Å². The van der Waals surface area contributed by atoms with Crippen LogP contribution in [0.1, 0.15) is 20.8 Å². The molecule has 1 aromatic carbocycles. The molecule has 1 rings (SSSR count). The zero-order chi connectivity index (χ0) is 15.1. The number of rotatable bonds is 6. The van der Waals surface area contributed by atoms with Crippen molar-refractivity contribution in [3.05, 3.63) is 30.1 Å². The highest BCUT2D eigenvalue weighted by atomic mass is 19.1. The molecular weight excluding hydrogens is 265 g/mol. The van der Waals surface area contributed by atoms with Gasteiger partial charge in [0, 0.05) is 6.54 Å². The quantitative estimate of drug-likeness (QED) is 0.806. The zero-order valence-corrected chi connectivity index (χ0v) is 11.7. The lowest BCUT2D eigenvalue weighted by Gasteiger charge is -2.17. The first-order chi connectivity index (χ1) is 9.43. The number of carbonyl (C=O) groups excluding carboxylic acids is 2. The average Bonchev–Trinajstić information content (AvgIpc) is 2.41. The molecule has 0 aromatic heterocycles. The van der Waals surface area contributed by atoms with Crippen LogP contribution in [0, 0.1) is 5.82 Å². The Labute approximate surface area is 117 Å². The smallest absolute Gasteiger partial charge is 0.347 e. The zero-order valence-electron chi connectivity index (χ0n) is 11.7. The molecule has 0 radical (unpaired) electrons. The van der Waals surface area contributed by atoms with Crippen LogP contribution in [0.2, 0.25) is 0 Å². The van der Waals surface area contributed by atoms with E-state index in [0.29, 0.717) is 12.3 Å². The molecular formula is C14H18FNO4. The Balaban J connectivity index is 2.50. The van der Waals surface area contributed by atoms with Gasteiger partial charge >= 0.3 is 5.97 Å². The lowest BCUT2D eigenvalue weighted by Crippen LogP contribution is -2.38. The number of esters is 1. The van der Waals surface area contributed by atoms with Gasteiger partial charge in [0.25, 0.3) is 5.91 Å². The highest BCUT2D eigenvalue weighted by Crippen LogP contribution is 2.13. The molecule has 1 amide bonds. The van der Waals surface area contributed by atoms with Crippen molar-refractivity contribution in [2.45, 2.75) is 33.0 Å². The van der Waals surface area contributed by atoms with Gasteiger partial charge in [0.1, 0.15) is 11.6 Å². The third kappa shape index (κ3) is 4.87. The SMILES string of the molecule is CCNC(=O)[C@@H](C)OC(=O)[C@@H](C)Oc1ccc(F)cc1. The van der Waals surface area contributed by atoms with Gasteiger partial charge in [0.15, 0.2) is 12.2 Å². The van der Waals surface area contributed by atoms with Crippen molar-refractivity contribution in [2.24, 2.45) is 0 Å². The molecule has 2 atom stereocenters. The molecule has 0 fully saturated rings. The molecule has 110 valence electrons. The summed E-state index contributed by atoms with van der Waals surface area (Å²) in [7, 11) is 0. The fourth-order valence-corrected chi connectivity index (χ4v) is 1.41. The number of nitrogens with one attached hydrogen (secondary N) is 1. The summed E-state index contributed by atoms with van der Waals surface area (Å²) in [6.45, 7) is 5.21. The van der Waals surface area contributed by atoms with E-state index in [1.165, 1.54) is 38.1 Å². The number of benzene rings is 1. The highest BCUT2D eigenvalue weighted by Gasteiger charge is 2.22. The minimum Gasteiger partial charge on any atom is -0.479 e. The lowest BCUT2D eigenvalue weighted by atomic mass is 10.3. The maximum atomic E-state index is 12.7. The molecule has 0 spiro atoms. The Morgan fingerprint density at radius 1 is 1.20 bits per heavy atom. The molecule has 1 aromatic rings. The molecule has 20 heavy (non-hydrogen) atoms. The number of hydrogen-bond donors (Lipinski definition) is 1. The summed E-state index contributed by atoms with van der Waals surface area (Å²) in [5.41, 5.74) is 0. The van der Waals surface area contributed by atoms with Crippen LogP contribution in [-0.4, -0.2) is 30.6 Å². The van der Waals surface area contributed by atoms with Gasteiger partial charge < -0.3 is 14.8 Å². The van der Waals surface area contributed by atoms with E-state index < -0.39 is 24.0 Å².